The Bertz CT molecular complexity index is 563. The van der Waals surface area contributed by atoms with Crippen LogP contribution in [0.5, 0.6) is 0 Å². The van der Waals surface area contributed by atoms with Crippen LogP contribution in [0.1, 0.15) is 12.0 Å². The maximum atomic E-state index is 13.0. The van der Waals surface area contributed by atoms with E-state index >= 15 is 0 Å². The summed E-state index contributed by atoms with van der Waals surface area (Å²) in [4.78, 5) is 24.7. The molecule has 0 spiro atoms. The van der Waals surface area contributed by atoms with Crippen LogP contribution in [-0.4, -0.2) is 29.4 Å². The summed E-state index contributed by atoms with van der Waals surface area (Å²) in [5.74, 6) is -0.764. The molecule has 1 atom stereocenters. The fraction of sp³-hybridized carbons (Fsp3) is 0.385. The molecule has 8 heteroatoms. The number of halogens is 3. The number of carbonyl (C=O) groups is 2. The van der Waals surface area contributed by atoms with E-state index in [2.05, 4.69) is 0 Å². The number of hydrogen-bond acceptors (Lipinski definition) is 4. The highest BCUT2D eigenvalue weighted by molar-refractivity contribution is 8.00. The zero-order valence-electron chi connectivity index (χ0n) is 10.9. The van der Waals surface area contributed by atoms with Gasteiger partial charge >= 0.3 is 6.18 Å². The Morgan fingerprint density at radius 1 is 1.29 bits per heavy atom. The van der Waals surface area contributed by atoms with Crippen molar-refractivity contribution in [2.24, 2.45) is 5.73 Å². The van der Waals surface area contributed by atoms with Crippen LogP contribution in [0.2, 0.25) is 0 Å². The highest BCUT2D eigenvalue weighted by atomic mass is 32.2. The third-order valence-electron chi connectivity index (χ3n) is 2.99. The molecule has 1 unspecified atom stereocenters. The largest absolute Gasteiger partial charge is 0.418 e. The molecule has 114 valence electrons. The van der Waals surface area contributed by atoms with Crippen molar-refractivity contribution in [2.45, 2.75) is 17.8 Å². The van der Waals surface area contributed by atoms with Crippen LogP contribution in [0.3, 0.4) is 0 Å². The molecular weight excluding hydrogens is 305 g/mol. The fourth-order valence-electron chi connectivity index (χ4n) is 2.11. The van der Waals surface area contributed by atoms with E-state index in [9.17, 15) is 22.8 Å². The maximum absolute atomic E-state index is 13.0. The Morgan fingerprint density at radius 3 is 2.57 bits per heavy atom. The van der Waals surface area contributed by atoms with Crippen molar-refractivity contribution in [3.05, 3.63) is 29.8 Å². The zero-order valence-corrected chi connectivity index (χ0v) is 11.7. The number of amides is 2. The SMILES string of the molecule is NCCSC1CC(=O)N(c2ccccc2C(F)(F)F)C1=O. The lowest BCUT2D eigenvalue weighted by Crippen LogP contribution is -2.33. The van der Waals surface area contributed by atoms with Crippen LogP contribution < -0.4 is 10.6 Å². The molecule has 1 aliphatic heterocycles. The molecule has 1 aliphatic rings. The number of nitrogens with zero attached hydrogens (tertiary/aromatic N) is 1. The molecule has 1 heterocycles. The van der Waals surface area contributed by atoms with E-state index in [4.69, 9.17) is 5.73 Å². The molecule has 0 aliphatic carbocycles. The molecule has 2 N–H and O–H groups in total. The molecule has 0 radical (unpaired) electrons. The minimum Gasteiger partial charge on any atom is -0.330 e. The highest BCUT2D eigenvalue weighted by Crippen LogP contribution is 2.39. The molecule has 1 aromatic carbocycles. The van der Waals surface area contributed by atoms with Gasteiger partial charge in [0.05, 0.1) is 16.5 Å². The quantitative estimate of drug-likeness (QED) is 0.863. The van der Waals surface area contributed by atoms with Gasteiger partial charge in [-0.15, -0.1) is 11.8 Å². The summed E-state index contributed by atoms with van der Waals surface area (Å²) in [6, 6.07) is 4.58. The Morgan fingerprint density at radius 2 is 1.95 bits per heavy atom. The van der Waals surface area contributed by atoms with Crippen molar-refractivity contribution in [1.82, 2.24) is 0 Å². The predicted molar refractivity (Wildman–Crippen MR) is 73.9 cm³/mol. The van der Waals surface area contributed by atoms with Crippen LogP contribution in [0.15, 0.2) is 24.3 Å². The summed E-state index contributed by atoms with van der Waals surface area (Å²) < 4.78 is 39.0. The molecule has 21 heavy (non-hydrogen) atoms. The Kier molecular flexibility index (Phi) is 4.58. The second-order valence-corrected chi connectivity index (χ2v) is 5.75. The third kappa shape index (κ3) is 3.21. The summed E-state index contributed by atoms with van der Waals surface area (Å²) in [7, 11) is 0. The van der Waals surface area contributed by atoms with Crippen molar-refractivity contribution in [1.29, 1.82) is 0 Å². The Labute approximate surface area is 123 Å². The fourth-order valence-corrected chi connectivity index (χ4v) is 3.04. The monoisotopic (exact) mass is 318 g/mol. The van der Waals surface area contributed by atoms with Crippen molar-refractivity contribution in [2.75, 3.05) is 17.2 Å². The van der Waals surface area contributed by atoms with Gasteiger partial charge in [-0.1, -0.05) is 12.1 Å². The number of imide groups is 1. The van der Waals surface area contributed by atoms with Gasteiger partial charge in [-0.3, -0.25) is 9.59 Å². The summed E-state index contributed by atoms with van der Waals surface area (Å²) in [6.07, 6.45) is -4.73. The number of thioether (sulfide) groups is 1. The summed E-state index contributed by atoms with van der Waals surface area (Å²) >= 11 is 1.19. The lowest BCUT2D eigenvalue weighted by molar-refractivity contribution is -0.137. The maximum Gasteiger partial charge on any atom is 0.418 e. The van der Waals surface area contributed by atoms with Gasteiger partial charge in [-0.25, -0.2) is 4.90 Å². The molecule has 1 saturated heterocycles. The molecule has 0 aromatic heterocycles. The molecule has 0 saturated carbocycles. The summed E-state index contributed by atoms with van der Waals surface area (Å²) in [5.41, 5.74) is 3.94. The molecule has 2 amide bonds. The summed E-state index contributed by atoms with van der Waals surface area (Å²) in [6.45, 7) is 0.335. The van der Waals surface area contributed by atoms with Crippen molar-refractivity contribution in [3.8, 4) is 0 Å². The second kappa shape index (κ2) is 6.07. The molecule has 4 nitrogen and oxygen atoms in total. The van der Waals surface area contributed by atoms with Crippen LogP contribution in [0.4, 0.5) is 18.9 Å². The van der Waals surface area contributed by atoms with E-state index in [1.54, 1.807) is 0 Å². The number of carbonyl (C=O) groups excluding carboxylic acids is 2. The van der Waals surface area contributed by atoms with Gasteiger partial charge in [0, 0.05) is 18.7 Å². The van der Waals surface area contributed by atoms with E-state index in [0.717, 1.165) is 12.1 Å². The first-order chi connectivity index (χ1) is 9.86. The van der Waals surface area contributed by atoms with Gasteiger partial charge in [0.25, 0.3) is 0 Å². The number of rotatable bonds is 4. The van der Waals surface area contributed by atoms with Crippen molar-refractivity contribution >= 4 is 29.3 Å². The Hall–Kier alpha value is -1.54. The summed E-state index contributed by atoms with van der Waals surface area (Å²) in [5, 5.41) is -0.665. The molecule has 2 rings (SSSR count). The minimum absolute atomic E-state index is 0.101. The highest BCUT2D eigenvalue weighted by Gasteiger charge is 2.43. The van der Waals surface area contributed by atoms with Gasteiger partial charge in [-0.2, -0.15) is 13.2 Å². The third-order valence-corrected chi connectivity index (χ3v) is 4.23. The molecule has 1 fully saturated rings. The topological polar surface area (TPSA) is 63.4 Å². The first kappa shape index (κ1) is 15.8. The lowest BCUT2D eigenvalue weighted by atomic mass is 10.1. The van der Waals surface area contributed by atoms with Crippen LogP contribution >= 0.6 is 11.8 Å². The predicted octanol–water partition coefficient (Wildman–Crippen LogP) is 2.03. The number of anilines is 1. The zero-order chi connectivity index (χ0) is 15.6. The standard InChI is InChI=1S/C13H13F3N2O2S/c14-13(15,16)8-3-1-2-4-9(8)18-11(19)7-10(12(18)20)21-6-5-17/h1-4,10H,5-7,17H2. The second-order valence-electron chi connectivity index (χ2n) is 4.43. The number of para-hydroxylation sites is 1. The molecule has 1 aromatic rings. The van der Waals surface area contributed by atoms with Gasteiger partial charge in [0.2, 0.25) is 11.8 Å². The van der Waals surface area contributed by atoms with E-state index < -0.39 is 34.5 Å². The van der Waals surface area contributed by atoms with Crippen LogP contribution in [0.25, 0.3) is 0 Å². The number of nitrogens with two attached hydrogens (primary N) is 1. The van der Waals surface area contributed by atoms with Crippen molar-refractivity contribution in [3.63, 3.8) is 0 Å². The van der Waals surface area contributed by atoms with Crippen molar-refractivity contribution < 1.29 is 22.8 Å². The van der Waals surface area contributed by atoms with Gasteiger partial charge in [0.15, 0.2) is 0 Å². The average Bonchev–Trinajstić information content (AvgIpc) is 2.70. The molecular formula is C13H13F3N2O2S. The van der Waals surface area contributed by atoms with E-state index in [0.29, 0.717) is 17.2 Å². The Balaban J connectivity index is 2.35. The number of hydrogen-bond donors (Lipinski definition) is 1. The normalized spacial score (nSPS) is 19.4. The smallest absolute Gasteiger partial charge is 0.330 e. The van der Waals surface area contributed by atoms with E-state index in [-0.39, 0.29) is 6.42 Å². The average molecular weight is 318 g/mol. The van der Waals surface area contributed by atoms with E-state index in [1.165, 1.54) is 23.9 Å². The van der Waals surface area contributed by atoms with Gasteiger partial charge < -0.3 is 5.73 Å². The molecule has 0 bridgehead atoms. The van der Waals surface area contributed by atoms with E-state index in [1.807, 2.05) is 0 Å². The minimum atomic E-state index is -4.63. The first-order valence-corrected chi connectivity index (χ1v) is 7.26. The number of alkyl halides is 3. The lowest BCUT2D eigenvalue weighted by Gasteiger charge is -2.20. The van der Waals surface area contributed by atoms with Crippen LogP contribution in [0, 0.1) is 0 Å². The van der Waals surface area contributed by atoms with Gasteiger partial charge in [-0.05, 0) is 12.1 Å². The number of benzene rings is 1. The van der Waals surface area contributed by atoms with Crippen LogP contribution in [-0.2, 0) is 15.8 Å². The van der Waals surface area contributed by atoms with Gasteiger partial charge in [0.1, 0.15) is 0 Å². The first-order valence-electron chi connectivity index (χ1n) is 6.21.